The van der Waals surface area contributed by atoms with Crippen LogP contribution in [0.4, 0.5) is 14.9 Å². The van der Waals surface area contributed by atoms with Gasteiger partial charge in [-0.05, 0) is 58.2 Å². The highest BCUT2D eigenvalue weighted by Gasteiger charge is 2.35. The molecule has 1 unspecified atom stereocenters. The molecule has 4 aliphatic heterocycles. The van der Waals surface area contributed by atoms with Gasteiger partial charge < -0.3 is 29.2 Å². The van der Waals surface area contributed by atoms with Crippen LogP contribution in [0.1, 0.15) is 50.4 Å². The number of benzene rings is 2. The summed E-state index contributed by atoms with van der Waals surface area (Å²) in [6.07, 6.45) is 4.01. The molecule has 1 aromatic heterocycles. The van der Waals surface area contributed by atoms with Crippen molar-refractivity contribution in [3.8, 4) is 17.2 Å². The molecule has 7 rings (SSSR count). The SMILES string of the molecule is CC(C)(C)OC(=O)NC1CCN(c2c(F)cc3c(=O)c(C(=O)N4CCN(N5CCCC5)CC4)cn4c3c2Oc2ccccc2-4)C1. The average molecular weight is 619 g/mol. The van der Waals surface area contributed by atoms with Gasteiger partial charge in [-0.15, -0.1) is 0 Å². The Labute approximate surface area is 261 Å². The number of para-hydroxylation sites is 2. The summed E-state index contributed by atoms with van der Waals surface area (Å²) >= 11 is 0. The first-order chi connectivity index (χ1) is 21.6. The van der Waals surface area contributed by atoms with Gasteiger partial charge in [-0.1, -0.05) is 12.1 Å². The van der Waals surface area contributed by atoms with Crippen molar-refractivity contribution in [1.82, 2.24) is 24.8 Å². The van der Waals surface area contributed by atoms with Crippen molar-refractivity contribution in [2.24, 2.45) is 0 Å². The highest BCUT2D eigenvalue weighted by molar-refractivity contribution is 6.01. The number of amides is 2. The average Bonchev–Trinajstić information content (AvgIpc) is 3.70. The normalized spacial score (nSPS) is 20.3. The second kappa shape index (κ2) is 11.3. The molecule has 2 aromatic carbocycles. The number of ether oxygens (including phenoxy) is 2. The van der Waals surface area contributed by atoms with Crippen LogP contribution in [0.5, 0.6) is 11.5 Å². The molecular formula is C33H39FN6O5. The number of halogens is 1. The lowest BCUT2D eigenvalue weighted by molar-refractivity contribution is -0.0355. The van der Waals surface area contributed by atoms with E-state index in [9.17, 15) is 14.4 Å². The molecule has 12 heteroatoms. The van der Waals surface area contributed by atoms with Crippen molar-refractivity contribution in [2.45, 2.75) is 51.7 Å². The zero-order valence-corrected chi connectivity index (χ0v) is 26.0. The Balaban J connectivity index is 1.23. The first kappa shape index (κ1) is 29.5. The number of alkyl carbamates (subject to hydrolysis) is 1. The van der Waals surface area contributed by atoms with E-state index in [-0.39, 0.29) is 34.3 Å². The van der Waals surface area contributed by atoms with Crippen LogP contribution >= 0.6 is 0 Å². The van der Waals surface area contributed by atoms with Gasteiger partial charge in [0.2, 0.25) is 5.43 Å². The quantitative estimate of drug-likeness (QED) is 0.365. The maximum absolute atomic E-state index is 16.1. The fourth-order valence-electron chi connectivity index (χ4n) is 6.89. The number of rotatable bonds is 4. The molecular weight excluding hydrogens is 579 g/mol. The van der Waals surface area contributed by atoms with Gasteiger partial charge in [-0.3, -0.25) is 9.59 Å². The molecule has 45 heavy (non-hydrogen) atoms. The largest absolute Gasteiger partial charge is 0.451 e. The number of carbonyl (C=O) groups excluding carboxylic acids is 2. The number of piperazine rings is 1. The third-order valence-corrected chi connectivity index (χ3v) is 8.99. The van der Waals surface area contributed by atoms with Gasteiger partial charge in [-0.2, -0.15) is 0 Å². The standard InChI is InChI=1S/C33H39FN6O5/c1-33(2,3)45-32(43)35-21-10-13-37(19-21)28-24(34)18-22-27-30(28)44-26-9-5-4-8-25(26)40(27)20-23(29(22)41)31(42)36-14-16-39(17-15-36)38-11-6-7-12-38/h4-5,8-9,18,20-21H,6-7,10-17,19H2,1-3H3,(H,35,43). The zero-order valence-electron chi connectivity index (χ0n) is 26.0. The minimum atomic E-state index is -0.635. The molecule has 1 atom stereocenters. The maximum atomic E-state index is 16.1. The summed E-state index contributed by atoms with van der Waals surface area (Å²) in [7, 11) is 0. The van der Waals surface area contributed by atoms with Crippen LogP contribution < -0.4 is 20.4 Å². The highest BCUT2D eigenvalue weighted by Crippen LogP contribution is 2.47. The lowest BCUT2D eigenvalue weighted by atomic mass is 10.0. The Morgan fingerprint density at radius 1 is 1.00 bits per heavy atom. The van der Waals surface area contributed by atoms with E-state index in [0.717, 1.165) is 13.1 Å². The van der Waals surface area contributed by atoms with Gasteiger partial charge in [0.25, 0.3) is 5.91 Å². The number of fused-ring (bicyclic) bond motifs is 2. The van der Waals surface area contributed by atoms with Gasteiger partial charge >= 0.3 is 6.09 Å². The van der Waals surface area contributed by atoms with Gasteiger partial charge in [0.05, 0.1) is 17.1 Å². The summed E-state index contributed by atoms with van der Waals surface area (Å²) in [6.45, 7) is 10.7. The number of hydrogen-bond acceptors (Lipinski definition) is 8. The predicted octanol–water partition coefficient (Wildman–Crippen LogP) is 4.11. The van der Waals surface area contributed by atoms with E-state index in [1.807, 2.05) is 23.1 Å². The van der Waals surface area contributed by atoms with Gasteiger partial charge in [-0.25, -0.2) is 19.2 Å². The van der Waals surface area contributed by atoms with Gasteiger partial charge in [0.15, 0.2) is 17.3 Å². The van der Waals surface area contributed by atoms with Crippen molar-refractivity contribution >= 4 is 28.6 Å². The van der Waals surface area contributed by atoms with Crippen LogP contribution in [0, 0.1) is 5.82 Å². The molecule has 3 saturated heterocycles. The molecule has 1 N–H and O–H groups in total. The molecule has 0 aliphatic carbocycles. The Bertz CT molecular complexity index is 1720. The number of nitrogens with zero attached hydrogens (tertiary/aromatic N) is 5. The molecule has 238 valence electrons. The van der Waals surface area contributed by atoms with E-state index in [1.54, 1.807) is 42.5 Å². The van der Waals surface area contributed by atoms with Crippen molar-refractivity contribution < 1.29 is 23.5 Å². The van der Waals surface area contributed by atoms with Crippen LogP contribution in [-0.2, 0) is 4.74 Å². The molecule has 11 nitrogen and oxygen atoms in total. The Hall–Kier alpha value is -4.16. The third kappa shape index (κ3) is 5.50. The summed E-state index contributed by atoms with van der Waals surface area (Å²) in [6, 6.07) is 8.28. The highest BCUT2D eigenvalue weighted by atomic mass is 19.1. The Morgan fingerprint density at radius 3 is 2.44 bits per heavy atom. The second-order valence-electron chi connectivity index (χ2n) is 13.2. The van der Waals surface area contributed by atoms with Crippen molar-refractivity contribution in [3.05, 3.63) is 58.1 Å². The predicted molar refractivity (Wildman–Crippen MR) is 168 cm³/mol. The van der Waals surface area contributed by atoms with Crippen LogP contribution in [0.15, 0.2) is 41.3 Å². The minimum absolute atomic E-state index is 0.00900. The van der Waals surface area contributed by atoms with E-state index < -0.39 is 22.9 Å². The number of hydrogen-bond donors (Lipinski definition) is 1. The van der Waals surface area contributed by atoms with E-state index in [4.69, 9.17) is 9.47 Å². The molecule has 5 heterocycles. The number of anilines is 1. The first-order valence-electron chi connectivity index (χ1n) is 15.8. The van der Waals surface area contributed by atoms with Crippen molar-refractivity contribution in [3.63, 3.8) is 0 Å². The second-order valence-corrected chi connectivity index (χ2v) is 13.2. The summed E-state index contributed by atoms with van der Waals surface area (Å²) in [4.78, 5) is 43.7. The van der Waals surface area contributed by atoms with Crippen LogP contribution in [0.2, 0.25) is 0 Å². The number of hydrazine groups is 1. The van der Waals surface area contributed by atoms with Gasteiger partial charge in [0, 0.05) is 58.6 Å². The van der Waals surface area contributed by atoms with E-state index in [2.05, 4.69) is 15.3 Å². The fraction of sp³-hybridized carbons (Fsp3) is 0.485. The Morgan fingerprint density at radius 2 is 1.71 bits per heavy atom. The van der Waals surface area contributed by atoms with Crippen molar-refractivity contribution in [1.29, 1.82) is 0 Å². The summed E-state index contributed by atoms with van der Waals surface area (Å²) in [5.41, 5.74) is 0.143. The summed E-state index contributed by atoms with van der Waals surface area (Å²) in [5, 5.41) is 7.62. The molecule has 3 aromatic rings. The first-order valence-corrected chi connectivity index (χ1v) is 15.8. The minimum Gasteiger partial charge on any atom is -0.451 e. The molecule has 3 fully saturated rings. The fourth-order valence-corrected chi connectivity index (χ4v) is 6.89. The Kier molecular flexibility index (Phi) is 7.44. The topological polar surface area (TPSA) is 99.6 Å². The van der Waals surface area contributed by atoms with Crippen LogP contribution in [0.25, 0.3) is 16.6 Å². The number of aromatic nitrogens is 1. The van der Waals surface area contributed by atoms with Crippen LogP contribution in [0.3, 0.4) is 0 Å². The van der Waals surface area contributed by atoms with E-state index in [0.29, 0.717) is 62.6 Å². The van der Waals surface area contributed by atoms with Crippen molar-refractivity contribution in [2.75, 3.05) is 57.3 Å². The lowest BCUT2D eigenvalue weighted by Gasteiger charge is -2.39. The molecule has 0 saturated carbocycles. The maximum Gasteiger partial charge on any atom is 0.407 e. The number of carbonyl (C=O) groups is 2. The molecule has 0 spiro atoms. The van der Waals surface area contributed by atoms with E-state index >= 15 is 4.39 Å². The zero-order chi connectivity index (χ0) is 31.5. The lowest BCUT2D eigenvalue weighted by Crippen LogP contribution is -2.54. The summed E-state index contributed by atoms with van der Waals surface area (Å²) in [5.74, 6) is -0.265. The molecule has 2 amide bonds. The molecule has 4 aliphatic rings. The van der Waals surface area contributed by atoms with Gasteiger partial charge in [0.1, 0.15) is 22.4 Å². The number of nitrogens with one attached hydrogen (secondary N) is 1. The smallest absolute Gasteiger partial charge is 0.407 e. The van der Waals surface area contributed by atoms with Crippen LogP contribution in [-0.4, -0.2) is 95.5 Å². The number of pyridine rings is 1. The molecule has 0 radical (unpaired) electrons. The third-order valence-electron chi connectivity index (χ3n) is 8.99. The molecule has 0 bridgehead atoms. The van der Waals surface area contributed by atoms with E-state index in [1.165, 1.54) is 18.9 Å². The summed E-state index contributed by atoms with van der Waals surface area (Å²) < 4.78 is 29.7. The monoisotopic (exact) mass is 618 g/mol.